The molecule has 0 saturated heterocycles. The summed E-state index contributed by atoms with van der Waals surface area (Å²) in [6.45, 7) is 1.81. The number of hydrogen-bond donors (Lipinski definition) is 1. The number of carbonyl (C=O) groups excluding carboxylic acids is 1. The molecule has 4 aromatic rings. The van der Waals surface area contributed by atoms with Crippen LogP contribution in [-0.4, -0.2) is 12.6 Å². The molecule has 206 valence electrons. The number of halogens is 2. The Hall–Kier alpha value is -5.00. The van der Waals surface area contributed by atoms with Crippen LogP contribution in [0.1, 0.15) is 28.2 Å². The summed E-state index contributed by atoms with van der Waals surface area (Å²) in [5, 5.41) is 10.5. The van der Waals surface area contributed by atoms with Crippen LogP contribution < -0.4 is 24.7 Å². The van der Waals surface area contributed by atoms with E-state index in [-0.39, 0.29) is 36.2 Å². The van der Waals surface area contributed by atoms with Crippen molar-refractivity contribution in [3.63, 3.8) is 0 Å². The topological polar surface area (TPSA) is 104 Å². The third-order valence-corrected chi connectivity index (χ3v) is 6.86. The molecule has 1 heterocycles. The number of nitrogens with two attached hydrogens (primary N) is 1. The summed E-state index contributed by atoms with van der Waals surface area (Å²) in [4.78, 5) is 12.4. The van der Waals surface area contributed by atoms with E-state index in [9.17, 15) is 14.4 Å². The Bertz CT molecular complexity index is 1660. The molecule has 0 saturated carbocycles. The average Bonchev–Trinajstić information content (AvgIpc) is 2.97. The van der Waals surface area contributed by atoms with Crippen molar-refractivity contribution in [1.29, 1.82) is 5.26 Å². The molecule has 0 bridgehead atoms. The van der Waals surface area contributed by atoms with Crippen LogP contribution in [0.5, 0.6) is 23.0 Å². The van der Waals surface area contributed by atoms with Gasteiger partial charge in [-0.1, -0.05) is 41.9 Å². The Balaban J connectivity index is 1.29. The summed E-state index contributed by atoms with van der Waals surface area (Å²) >= 11 is 6.03. The van der Waals surface area contributed by atoms with Crippen LogP contribution in [-0.2, 0) is 11.4 Å². The molecule has 0 amide bonds. The standard InChI is InChI=1S/C32H24ClFN2O5/c1-19-14-24(11-13-28(19)33)39-18-30(37)40-25-10-12-26-29(15-25)41-32(36)27(16-35)31(26)21-4-8-23(9-5-21)38-17-20-2-6-22(34)7-3-20/h2-15,31H,17-18,36H2,1H3. The van der Waals surface area contributed by atoms with Crippen molar-refractivity contribution < 1.29 is 28.1 Å². The highest BCUT2D eigenvalue weighted by Gasteiger charge is 2.31. The fourth-order valence-corrected chi connectivity index (χ4v) is 4.47. The highest BCUT2D eigenvalue weighted by molar-refractivity contribution is 6.31. The minimum absolute atomic E-state index is 0.0356. The van der Waals surface area contributed by atoms with Crippen LogP contribution >= 0.6 is 11.6 Å². The highest BCUT2D eigenvalue weighted by Crippen LogP contribution is 2.43. The maximum Gasteiger partial charge on any atom is 0.349 e. The van der Waals surface area contributed by atoms with Crippen molar-refractivity contribution in [3.05, 3.63) is 129 Å². The van der Waals surface area contributed by atoms with Gasteiger partial charge in [0.2, 0.25) is 5.88 Å². The molecule has 0 aromatic heterocycles. The summed E-state index contributed by atoms with van der Waals surface area (Å²) < 4.78 is 35.6. The minimum Gasteiger partial charge on any atom is -0.489 e. The van der Waals surface area contributed by atoms with E-state index in [0.29, 0.717) is 27.8 Å². The average molecular weight is 571 g/mol. The Morgan fingerprint density at radius 2 is 1.68 bits per heavy atom. The van der Waals surface area contributed by atoms with Gasteiger partial charge in [-0.05, 0) is 72.1 Å². The van der Waals surface area contributed by atoms with Gasteiger partial charge in [0.1, 0.15) is 47.1 Å². The third kappa shape index (κ3) is 6.43. The first-order valence-electron chi connectivity index (χ1n) is 12.6. The van der Waals surface area contributed by atoms with Gasteiger partial charge in [0.05, 0.1) is 5.92 Å². The molecule has 1 aliphatic rings. The SMILES string of the molecule is Cc1cc(OCC(=O)Oc2ccc3c(c2)OC(N)=C(C#N)C3c2ccc(OCc3ccc(F)cc3)cc2)ccc1Cl. The van der Waals surface area contributed by atoms with E-state index < -0.39 is 11.9 Å². The number of nitrogens with zero attached hydrogens (tertiary/aromatic N) is 1. The smallest absolute Gasteiger partial charge is 0.349 e. The maximum absolute atomic E-state index is 13.1. The molecule has 7 nitrogen and oxygen atoms in total. The monoisotopic (exact) mass is 570 g/mol. The number of aryl methyl sites for hydroxylation is 1. The summed E-state index contributed by atoms with van der Waals surface area (Å²) in [5.41, 5.74) is 9.51. The van der Waals surface area contributed by atoms with Crippen LogP contribution in [0.15, 0.2) is 96.4 Å². The largest absolute Gasteiger partial charge is 0.489 e. The van der Waals surface area contributed by atoms with E-state index in [1.807, 2.05) is 19.1 Å². The van der Waals surface area contributed by atoms with Gasteiger partial charge in [0.25, 0.3) is 0 Å². The lowest BCUT2D eigenvalue weighted by Gasteiger charge is -2.26. The number of fused-ring (bicyclic) bond motifs is 1. The molecule has 41 heavy (non-hydrogen) atoms. The first kappa shape index (κ1) is 27.6. The Kier molecular flexibility index (Phi) is 8.09. The van der Waals surface area contributed by atoms with E-state index in [0.717, 1.165) is 16.7 Å². The van der Waals surface area contributed by atoms with Gasteiger partial charge in [0.15, 0.2) is 6.61 Å². The predicted molar refractivity (Wildman–Crippen MR) is 150 cm³/mol. The minimum atomic E-state index is -0.609. The molecular weight excluding hydrogens is 547 g/mol. The van der Waals surface area contributed by atoms with E-state index in [4.69, 9.17) is 36.3 Å². The molecule has 0 fully saturated rings. The zero-order valence-electron chi connectivity index (χ0n) is 21.9. The number of esters is 1. The fraction of sp³-hybridized carbons (Fsp3) is 0.125. The second kappa shape index (κ2) is 12.0. The molecule has 0 aliphatic carbocycles. The van der Waals surface area contributed by atoms with Crippen LogP contribution in [0.3, 0.4) is 0 Å². The summed E-state index contributed by atoms with van der Waals surface area (Å²) in [6, 6.07) is 25.5. The van der Waals surface area contributed by atoms with Crippen molar-refractivity contribution in [3.8, 4) is 29.1 Å². The summed E-state index contributed by atoms with van der Waals surface area (Å²) in [6.07, 6.45) is 0. The van der Waals surface area contributed by atoms with Gasteiger partial charge in [-0.3, -0.25) is 0 Å². The zero-order valence-corrected chi connectivity index (χ0v) is 22.7. The van der Waals surface area contributed by atoms with Crippen molar-refractivity contribution >= 4 is 17.6 Å². The number of ether oxygens (including phenoxy) is 4. The van der Waals surface area contributed by atoms with Gasteiger partial charge in [-0.2, -0.15) is 5.26 Å². The third-order valence-electron chi connectivity index (χ3n) is 6.44. The number of nitriles is 1. The van der Waals surface area contributed by atoms with E-state index in [2.05, 4.69) is 6.07 Å². The molecule has 9 heteroatoms. The second-order valence-corrected chi connectivity index (χ2v) is 9.69. The zero-order chi connectivity index (χ0) is 28.9. The molecule has 4 aromatic carbocycles. The Morgan fingerprint density at radius 1 is 0.976 bits per heavy atom. The molecular formula is C32H24ClFN2O5. The summed E-state index contributed by atoms with van der Waals surface area (Å²) in [7, 11) is 0. The molecule has 1 aliphatic heterocycles. The molecule has 1 atom stereocenters. The van der Waals surface area contributed by atoms with Crippen LogP contribution in [0.2, 0.25) is 5.02 Å². The normalized spacial score (nSPS) is 14.0. The number of benzene rings is 4. The van der Waals surface area contributed by atoms with E-state index >= 15 is 0 Å². The van der Waals surface area contributed by atoms with Crippen molar-refractivity contribution in [1.82, 2.24) is 0 Å². The number of rotatable bonds is 8. The van der Waals surface area contributed by atoms with Gasteiger partial charge >= 0.3 is 5.97 Å². The molecule has 5 rings (SSSR count). The fourth-order valence-electron chi connectivity index (χ4n) is 4.36. The summed E-state index contributed by atoms with van der Waals surface area (Å²) in [5.74, 6) is 0.251. The lowest BCUT2D eigenvalue weighted by atomic mass is 9.83. The second-order valence-electron chi connectivity index (χ2n) is 9.28. The first-order valence-corrected chi connectivity index (χ1v) is 13.0. The quantitative estimate of drug-likeness (QED) is 0.189. The lowest BCUT2D eigenvalue weighted by molar-refractivity contribution is -0.136. The van der Waals surface area contributed by atoms with Crippen LogP contribution in [0.25, 0.3) is 0 Å². The lowest BCUT2D eigenvalue weighted by Crippen LogP contribution is -2.21. The highest BCUT2D eigenvalue weighted by atomic mass is 35.5. The maximum atomic E-state index is 13.1. The number of allylic oxidation sites excluding steroid dienone is 1. The molecule has 2 N–H and O–H groups in total. The van der Waals surface area contributed by atoms with Crippen molar-refractivity contribution in [2.24, 2.45) is 5.73 Å². The van der Waals surface area contributed by atoms with E-state index in [1.54, 1.807) is 60.7 Å². The Morgan fingerprint density at radius 3 is 2.39 bits per heavy atom. The molecule has 0 radical (unpaired) electrons. The Labute approximate surface area is 241 Å². The van der Waals surface area contributed by atoms with Gasteiger partial charge in [0, 0.05) is 16.7 Å². The van der Waals surface area contributed by atoms with Crippen LogP contribution in [0, 0.1) is 24.1 Å². The van der Waals surface area contributed by atoms with Crippen LogP contribution in [0.4, 0.5) is 4.39 Å². The van der Waals surface area contributed by atoms with E-state index in [1.165, 1.54) is 12.1 Å². The van der Waals surface area contributed by atoms with Crippen molar-refractivity contribution in [2.75, 3.05) is 6.61 Å². The number of carbonyl (C=O) groups is 1. The first-order chi connectivity index (χ1) is 19.8. The van der Waals surface area contributed by atoms with Crippen molar-refractivity contribution in [2.45, 2.75) is 19.4 Å². The molecule has 0 spiro atoms. The van der Waals surface area contributed by atoms with Gasteiger partial charge in [-0.15, -0.1) is 0 Å². The van der Waals surface area contributed by atoms with Gasteiger partial charge in [-0.25, -0.2) is 9.18 Å². The predicted octanol–water partition coefficient (Wildman–Crippen LogP) is 6.57. The number of hydrogen-bond acceptors (Lipinski definition) is 7. The molecule has 1 unspecified atom stereocenters. The van der Waals surface area contributed by atoms with Gasteiger partial charge < -0.3 is 24.7 Å².